The van der Waals surface area contributed by atoms with Crippen molar-refractivity contribution in [2.45, 2.75) is 26.8 Å². The van der Waals surface area contributed by atoms with E-state index in [1.807, 2.05) is 13.8 Å². The Kier molecular flexibility index (Phi) is 4.95. The highest BCUT2D eigenvalue weighted by molar-refractivity contribution is 5.84. The second kappa shape index (κ2) is 6.23. The summed E-state index contributed by atoms with van der Waals surface area (Å²) in [5, 5.41) is 2.86. The number of nitrogens with zero attached hydrogens (tertiary/aromatic N) is 1. The van der Waals surface area contributed by atoms with Crippen LogP contribution in [0.15, 0.2) is 18.2 Å². The van der Waals surface area contributed by atoms with Crippen molar-refractivity contribution in [3.05, 3.63) is 24.0 Å². The molecule has 0 aliphatic carbocycles. The Labute approximate surface area is 107 Å². The molecule has 1 aromatic rings. The molecular formula is C13H20FN3O. The van der Waals surface area contributed by atoms with Crippen molar-refractivity contribution in [2.24, 2.45) is 0 Å². The number of nitrogens with one attached hydrogen (secondary N) is 1. The van der Waals surface area contributed by atoms with Crippen LogP contribution in [0, 0.1) is 5.82 Å². The molecule has 0 bridgehead atoms. The van der Waals surface area contributed by atoms with E-state index in [0.29, 0.717) is 18.8 Å². The van der Waals surface area contributed by atoms with Crippen LogP contribution in [-0.2, 0) is 4.79 Å². The molecule has 0 spiro atoms. The third-order valence-corrected chi connectivity index (χ3v) is 2.81. The molecule has 0 radical (unpaired) electrons. The predicted octanol–water partition coefficient (Wildman–Crippen LogP) is 2.08. The molecule has 0 heterocycles. The van der Waals surface area contributed by atoms with Crippen LogP contribution < -0.4 is 11.1 Å². The van der Waals surface area contributed by atoms with Gasteiger partial charge in [0.05, 0.1) is 5.69 Å². The van der Waals surface area contributed by atoms with Crippen LogP contribution in [0.4, 0.5) is 15.8 Å². The molecule has 0 aliphatic rings. The molecule has 0 saturated heterocycles. The van der Waals surface area contributed by atoms with Gasteiger partial charge in [-0.25, -0.2) is 4.39 Å². The molecule has 5 heteroatoms. The second-order valence-electron chi connectivity index (χ2n) is 4.12. The number of rotatable bonds is 5. The minimum Gasteiger partial charge on any atom is -0.399 e. The summed E-state index contributed by atoms with van der Waals surface area (Å²) in [5.41, 5.74) is 6.12. The number of amides is 1. The van der Waals surface area contributed by atoms with Crippen molar-refractivity contribution in [2.75, 3.05) is 24.1 Å². The molecular weight excluding hydrogens is 233 g/mol. The molecule has 0 aliphatic heterocycles. The molecule has 3 N–H and O–H groups in total. The van der Waals surface area contributed by atoms with Crippen molar-refractivity contribution in [1.82, 2.24) is 4.90 Å². The number of nitrogens with two attached hydrogens (primary N) is 1. The maximum absolute atomic E-state index is 13.6. The van der Waals surface area contributed by atoms with Gasteiger partial charge in [-0.3, -0.25) is 4.79 Å². The fourth-order valence-corrected chi connectivity index (χ4v) is 1.75. The van der Waals surface area contributed by atoms with E-state index in [1.54, 1.807) is 17.9 Å². The van der Waals surface area contributed by atoms with Crippen LogP contribution in [0.3, 0.4) is 0 Å². The molecule has 0 fully saturated rings. The van der Waals surface area contributed by atoms with Crippen molar-refractivity contribution in [3.8, 4) is 0 Å². The minimum atomic E-state index is -0.469. The Hall–Kier alpha value is -1.78. The van der Waals surface area contributed by atoms with Crippen molar-refractivity contribution in [3.63, 3.8) is 0 Å². The Morgan fingerprint density at radius 3 is 2.56 bits per heavy atom. The molecule has 0 aromatic heterocycles. The molecule has 1 rings (SSSR count). The molecule has 4 nitrogen and oxygen atoms in total. The van der Waals surface area contributed by atoms with Gasteiger partial charge in [0.2, 0.25) is 5.91 Å². The highest BCUT2D eigenvalue weighted by atomic mass is 19.1. The van der Waals surface area contributed by atoms with Gasteiger partial charge in [-0.05, 0) is 39.0 Å². The van der Waals surface area contributed by atoms with Gasteiger partial charge in [-0.2, -0.15) is 0 Å². The Balaban J connectivity index is 2.75. The summed E-state index contributed by atoms with van der Waals surface area (Å²) in [7, 11) is 0. The zero-order valence-corrected chi connectivity index (χ0v) is 11.0. The lowest BCUT2D eigenvalue weighted by molar-refractivity contribution is -0.131. The lowest BCUT2D eigenvalue weighted by atomic mass is 10.2. The fraction of sp³-hybridized carbons (Fsp3) is 0.462. The molecule has 100 valence electrons. The number of anilines is 2. The van der Waals surface area contributed by atoms with Crippen LogP contribution in [0.1, 0.15) is 20.8 Å². The first-order chi connectivity index (χ1) is 8.49. The number of carbonyl (C=O) groups excluding carboxylic acids is 1. The third kappa shape index (κ3) is 3.35. The number of halogens is 1. The number of benzene rings is 1. The van der Waals surface area contributed by atoms with Crippen LogP contribution in [0.5, 0.6) is 0 Å². The van der Waals surface area contributed by atoms with E-state index in [9.17, 15) is 9.18 Å². The van der Waals surface area contributed by atoms with E-state index >= 15 is 0 Å². The van der Waals surface area contributed by atoms with Gasteiger partial charge in [0.25, 0.3) is 0 Å². The number of hydrogen-bond donors (Lipinski definition) is 2. The number of hydrogen-bond acceptors (Lipinski definition) is 3. The van der Waals surface area contributed by atoms with Crippen LogP contribution in [0.2, 0.25) is 0 Å². The average molecular weight is 253 g/mol. The highest BCUT2D eigenvalue weighted by Crippen LogP contribution is 2.18. The first kappa shape index (κ1) is 14.3. The molecule has 18 heavy (non-hydrogen) atoms. The van der Waals surface area contributed by atoms with E-state index < -0.39 is 11.9 Å². The average Bonchev–Trinajstić information content (AvgIpc) is 2.34. The summed E-state index contributed by atoms with van der Waals surface area (Å²) in [6, 6.07) is 3.90. The lowest BCUT2D eigenvalue weighted by Crippen LogP contribution is -2.41. The van der Waals surface area contributed by atoms with Gasteiger partial charge in [-0.15, -0.1) is 0 Å². The van der Waals surface area contributed by atoms with Crippen LogP contribution in [0.25, 0.3) is 0 Å². The van der Waals surface area contributed by atoms with Crippen molar-refractivity contribution >= 4 is 17.3 Å². The van der Waals surface area contributed by atoms with E-state index in [2.05, 4.69) is 5.32 Å². The van der Waals surface area contributed by atoms with Crippen molar-refractivity contribution in [1.29, 1.82) is 0 Å². The summed E-state index contributed by atoms with van der Waals surface area (Å²) in [4.78, 5) is 13.7. The maximum Gasteiger partial charge on any atom is 0.244 e. The first-order valence-electron chi connectivity index (χ1n) is 6.09. The smallest absolute Gasteiger partial charge is 0.244 e. The standard InChI is InChI=1S/C13H20FN3O/c1-4-17(5-2)13(18)9(3)16-12-7-6-10(15)8-11(12)14/h6-9,16H,4-5,15H2,1-3H3. The van der Waals surface area contributed by atoms with E-state index in [4.69, 9.17) is 5.73 Å². The van der Waals surface area contributed by atoms with Crippen LogP contribution >= 0.6 is 0 Å². The van der Waals surface area contributed by atoms with E-state index in [1.165, 1.54) is 12.1 Å². The van der Waals surface area contributed by atoms with Gasteiger partial charge in [0, 0.05) is 18.8 Å². The summed E-state index contributed by atoms with van der Waals surface area (Å²) in [5.74, 6) is -0.495. The van der Waals surface area contributed by atoms with E-state index in [-0.39, 0.29) is 11.6 Å². The fourth-order valence-electron chi connectivity index (χ4n) is 1.75. The molecule has 0 saturated carbocycles. The number of carbonyl (C=O) groups is 1. The Morgan fingerprint density at radius 1 is 1.44 bits per heavy atom. The maximum atomic E-state index is 13.6. The first-order valence-corrected chi connectivity index (χ1v) is 6.09. The zero-order chi connectivity index (χ0) is 13.7. The van der Waals surface area contributed by atoms with E-state index in [0.717, 1.165) is 0 Å². The van der Waals surface area contributed by atoms with Gasteiger partial charge >= 0.3 is 0 Å². The normalized spacial score (nSPS) is 12.0. The Morgan fingerprint density at radius 2 is 2.06 bits per heavy atom. The lowest BCUT2D eigenvalue weighted by Gasteiger charge is -2.24. The molecule has 1 aromatic carbocycles. The molecule has 1 atom stereocenters. The predicted molar refractivity (Wildman–Crippen MR) is 71.8 cm³/mol. The molecule has 1 amide bonds. The van der Waals surface area contributed by atoms with Gasteiger partial charge in [0.15, 0.2) is 0 Å². The quantitative estimate of drug-likeness (QED) is 0.790. The van der Waals surface area contributed by atoms with Gasteiger partial charge in [0.1, 0.15) is 11.9 Å². The summed E-state index contributed by atoms with van der Waals surface area (Å²) >= 11 is 0. The number of nitrogen functional groups attached to an aromatic ring is 1. The zero-order valence-electron chi connectivity index (χ0n) is 11.0. The monoisotopic (exact) mass is 253 g/mol. The number of likely N-dealkylation sites (N-methyl/N-ethyl adjacent to an activating group) is 1. The highest BCUT2D eigenvalue weighted by Gasteiger charge is 2.18. The SMILES string of the molecule is CCN(CC)C(=O)C(C)Nc1ccc(N)cc1F. The summed E-state index contributed by atoms with van der Waals surface area (Å²) in [6.45, 7) is 6.84. The largest absolute Gasteiger partial charge is 0.399 e. The van der Waals surface area contributed by atoms with Gasteiger partial charge in [-0.1, -0.05) is 0 Å². The Bertz CT molecular complexity index is 419. The molecule has 1 unspecified atom stereocenters. The minimum absolute atomic E-state index is 0.0452. The summed E-state index contributed by atoms with van der Waals surface area (Å²) < 4.78 is 13.6. The van der Waals surface area contributed by atoms with Crippen LogP contribution in [-0.4, -0.2) is 29.9 Å². The second-order valence-corrected chi connectivity index (χ2v) is 4.12. The topological polar surface area (TPSA) is 58.4 Å². The van der Waals surface area contributed by atoms with Gasteiger partial charge < -0.3 is 16.0 Å². The summed E-state index contributed by atoms with van der Waals surface area (Å²) in [6.07, 6.45) is 0. The van der Waals surface area contributed by atoms with Crippen molar-refractivity contribution < 1.29 is 9.18 Å². The third-order valence-electron chi connectivity index (χ3n) is 2.81.